The fourth-order valence-corrected chi connectivity index (χ4v) is 3.91. The topological polar surface area (TPSA) is 81.2 Å². The molecular weight excluding hydrogens is 392 g/mol. The summed E-state index contributed by atoms with van der Waals surface area (Å²) in [6.07, 6.45) is 2.44. The average molecular weight is 425 g/mol. The van der Waals surface area contributed by atoms with Crippen molar-refractivity contribution in [1.82, 2.24) is 20.1 Å². The molecule has 0 amide bonds. The number of aromatic amines is 1. The number of hydrogen-bond acceptors (Lipinski definition) is 5. The zero-order valence-electron chi connectivity index (χ0n) is 18.6. The predicted octanol–water partition coefficient (Wildman–Crippen LogP) is 3.30. The molecule has 31 heavy (non-hydrogen) atoms. The molecule has 3 heterocycles. The Balaban J connectivity index is 1.49. The second-order valence-electron chi connectivity index (χ2n) is 9.12. The van der Waals surface area contributed by atoms with E-state index in [1.165, 1.54) is 0 Å². The van der Waals surface area contributed by atoms with Crippen molar-refractivity contribution in [3.05, 3.63) is 58.0 Å². The zero-order valence-corrected chi connectivity index (χ0v) is 18.6. The molecule has 0 spiro atoms. The van der Waals surface area contributed by atoms with Gasteiger partial charge in [0.2, 0.25) is 0 Å². The van der Waals surface area contributed by atoms with Crippen LogP contribution in [0.2, 0.25) is 0 Å². The summed E-state index contributed by atoms with van der Waals surface area (Å²) < 4.78 is 13.1. The Labute approximate surface area is 182 Å². The van der Waals surface area contributed by atoms with Gasteiger partial charge < -0.3 is 19.8 Å². The van der Waals surface area contributed by atoms with Crippen LogP contribution in [0, 0.1) is 0 Å². The number of para-hydroxylation sites is 1. The first-order chi connectivity index (χ1) is 14.9. The van der Waals surface area contributed by atoms with Gasteiger partial charge in [-0.15, -0.1) is 0 Å². The molecule has 0 radical (unpaired) electrons. The number of rotatable bonds is 8. The Morgan fingerprint density at radius 3 is 2.81 bits per heavy atom. The highest BCUT2D eigenvalue weighted by molar-refractivity contribution is 5.81. The molecule has 0 aliphatic carbocycles. The Hall–Kier alpha value is -2.48. The molecular formula is C24H32N4O3. The lowest BCUT2D eigenvalue weighted by Crippen LogP contribution is -2.25. The Bertz CT molecular complexity index is 1060. The first kappa shape index (κ1) is 21.7. The monoisotopic (exact) mass is 424 g/mol. The average Bonchev–Trinajstić information content (AvgIpc) is 3.38. The number of hydrogen-bond donors (Lipinski definition) is 2. The Morgan fingerprint density at radius 1 is 1.29 bits per heavy atom. The third-order valence-corrected chi connectivity index (χ3v) is 5.54. The Kier molecular flexibility index (Phi) is 6.55. The van der Waals surface area contributed by atoms with Crippen molar-refractivity contribution in [2.24, 2.45) is 0 Å². The minimum Gasteiger partial charge on any atom is -0.377 e. The first-order valence-electron chi connectivity index (χ1n) is 11.0. The van der Waals surface area contributed by atoms with E-state index in [0.717, 1.165) is 41.9 Å². The lowest BCUT2D eigenvalue weighted by Gasteiger charge is -2.15. The number of nitrogens with one attached hydrogen (secondary N) is 2. The van der Waals surface area contributed by atoms with Crippen molar-refractivity contribution in [3.8, 4) is 5.69 Å². The van der Waals surface area contributed by atoms with Gasteiger partial charge in [-0.3, -0.25) is 4.79 Å². The van der Waals surface area contributed by atoms with E-state index in [0.29, 0.717) is 31.9 Å². The molecule has 1 aromatic carbocycles. The number of H-pyrrole nitrogens is 1. The lowest BCUT2D eigenvalue weighted by molar-refractivity contribution is 0.0183. The highest BCUT2D eigenvalue weighted by atomic mass is 16.5. The molecule has 1 atom stereocenters. The molecule has 0 saturated carbocycles. The number of fused-ring (bicyclic) bond motifs is 1. The van der Waals surface area contributed by atoms with Gasteiger partial charge in [0.05, 0.1) is 30.7 Å². The molecule has 7 nitrogen and oxygen atoms in total. The fraction of sp³-hybridized carbons (Fsp3) is 0.500. The SMILES string of the molecule is CC(C)(C)c1nn(-c2ccccc2)c2[nH]c(=O)c(CNCCOC[C@H]3CCCO3)cc12. The smallest absolute Gasteiger partial charge is 0.254 e. The largest absolute Gasteiger partial charge is 0.377 e. The van der Waals surface area contributed by atoms with E-state index in [-0.39, 0.29) is 17.1 Å². The van der Waals surface area contributed by atoms with Crippen LogP contribution in [0.5, 0.6) is 0 Å². The van der Waals surface area contributed by atoms with Crippen molar-refractivity contribution in [2.75, 3.05) is 26.4 Å². The zero-order chi connectivity index (χ0) is 21.8. The minimum absolute atomic E-state index is 0.0992. The number of nitrogens with zero attached hydrogens (tertiary/aromatic N) is 2. The van der Waals surface area contributed by atoms with E-state index in [2.05, 4.69) is 31.1 Å². The lowest BCUT2D eigenvalue weighted by atomic mass is 9.90. The molecule has 4 rings (SSSR count). The van der Waals surface area contributed by atoms with Crippen LogP contribution in [0.4, 0.5) is 0 Å². The van der Waals surface area contributed by atoms with Crippen LogP contribution in [0.15, 0.2) is 41.2 Å². The molecule has 2 N–H and O–H groups in total. The molecule has 2 aromatic heterocycles. The van der Waals surface area contributed by atoms with Gasteiger partial charge in [-0.1, -0.05) is 39.0 Å². The van der Waals surface area contributed by atoms with Crippen LogP contribution in [-0.4, -0.2) is 47.2 Å². The predicted molar refractivity (Wildman–Crippen MR) is 122 cm³/mol. The van der Waals surface area contributed by atoms with E-state index in [4.69, 9.17) is 14.6 Å². The summed E-state index contributed by atoms with van der Waals surface area (Å²) in [5, 5.41) is 9.16. The molecule has 0 unspecified atom stereocenters. The summed E-state index contributed by atoms with van der Waals surface area (Å²) in [5.74, 6) is 0. The number of ether oxygens (including phenoxy) is 2. The molecule has 1 saturated heterocycles. The molecule has 1 aliphatic rings. The maximum Gasteiger partial charge on any atom is 0.254 e. The van der Waals surface area contributed by atoms with Crippen molar-refractivity contribution < 1.29 is 9.47 Å². The number of aromatic nitrogens is 3. The summed E-state index contributed by atoms with van der Waals surface area (Å²) >= 11 is 0. The van der Waals surface area contributed by atoms with Gasteiger partial charge >= 0.3 is 0 Å². The van der Waals surface area contributed by atoms with Crippen molar-refractivity contribution in [2.45, 2.75) is 51.7 Å². The summed E-state index contributed by atoms with van der Waals surface area (Å²) in [4.78, 5) is 15.8. The van der Waals surface area contributed by atoms with E-state index in [1.54, 1.807) is 0 Å². The first-order valence-corrected chi connectivity index (χ1v) is 11.0. The van der Waals surface area contributed by atoms with Crippen molar-refractivity contribution in [3.63, 3.8) is 0 Å². The normalized spacial score (nSPS) is 16.9. The van der Waals surface area contributed by atoms with Crippen molar-refractivity contribution in [1.29, 1.82) is 0 Å². The van der Waals surface area contributed by atoms with Crippen LogP contribution < -0.4 is 10.9 Å². The fourth-order valence-electron chi connectivity index (χ4n) is 3.91. The summed E-state index contributed by atoms with van der Waals surface area (Å²) in [7, 11) is 0. The third kappa shape index (κ3) is 5.06. The van der Waals surface area contributed by atoms with Crippen LogP contribution in [-0.2, 0) is 21.4 Å². The molecule has 3 aromatic rings. The standard InChI is InChI=1S/C24H32N4O3/c1-24(2,3)21-20-14-17(15-25-11-13-30-16-19-10-7-12-31-19)23(29)26-22(20)28(27-21)18-8-5-4-6-9-18/h4-6,8-9,14,19,25H,7,10-13,15-16H2,1-3H3,(H,26,29)/t19-/m1/s1. The summed E-state index contributed by atoms with van der Waals surface area (Å²) in [6.45, 7) is 9.65. The molecule has 166 valence electrons. The maximum atomic E-state index is 12.8. The molecule has 1 aliphatic heterocycles. The third-order valence-electron chi connectivity index (χ3n) is 5.54. The van der Waals surface area contributed by atoms with Crippen LogP contribution in [0.3, 0.4) is 0 Å². The van der Waals surface area contributed by atoms with Gasteiger partial charge in [-0.2, -0.15) is 5.10 Å². The Morgan fingerprint density at radius 2 is 2.10 bits per heavy atom. The van der Waals surface area contributed by atoms with Gasteiger partial charge in [-0.05, 0) is 31.0 Å². The van der Waals surface area contributed by atoms with Crippen LogP contribution in [0.1, 0.15) is 44.9 Å². The van der Waals surface area contributed by atoms with Crippen molar-refractivity contribution >= 4 is 11.0 Å². The van der Waals surface area contributed by atoms with Gasteiger partial charge in [-0.25, -0.2) is 4.68 Å². The molecule has 0 bridgehead atoms. The van der Waals surface area contributed by atoms with Gasteiger partial charge in [0.25, 0.3) is 5.56 Å². The number of benzene rings is 1. The summed E-state index contributed by atoms with van der Waals surface area (Å²) in [5.41, 5.74) is 3.06. The van der Waals surface area contributed by atoms with E-state index < -0.39 is 0 Å². The quantitative estimate of drug-likeness (QED) is 0.543. The number of pyridine rings is 1. The second kappa shape index (κ2) is 9.34. The van der Waals surface area contributed by atoms with E-state index in [9.17, 15) is 4.79 Å². The maximum absolute atomic E-state index is 12.8. The summed E-state index contributed by atoms with van der Waals surface area (Å²) in [6, 6.07) is 11.9. The van der Waals surface area contributed by atoms with Gasteiger partial charge in [0, 0.05) is 36.1 Å². The van der Waals surface area contributed by atoms with Gasteiger partial charge in [0.1, 0.15) is 5.65 Å². The highest BCUT2D eigenvalue weighted by Crippen LogP contribution is 2.29. The minimum atomic E-state index is -0.155. The molecule has 1 fully saturated rings. The molecule has 7 heteroatoms. The van der Waals surface area contributed by atoms with E-state index in [1.807, 2.05) is 41.1 Å². The van der Waals surface area contributed by atoms with Gasteiger partial charge in [0.15, 0.2) is 0 Å². The van der Waals surface area contributed by atoms with Crippen LogP contribution in [0.25, 0.3) is 16.7 Å². The second-order valence-corrected chi connectivity index (χ2v) is 9.12. The highest BCUT2D eigenvalue weighted by Gasteiger charge is 2.24. The van der Waals surface area contributed by atoms with E-state index >= 15 is 0 Å². The van der Waals surface area contributed by atoms with Crippen LogP contribution >= 0.6 is 0 Å².